The van der Waals surface area contributed by atoms with Gasteiger partial charge in [-0.2, -0.15) is 13.4 Å². The summed E-state index contributed by atoms with van der Waals surface area (Å²) < 4.78 is 32.2. The molecule has 0 saturated carbocycles. The number of hydrogen-bond donors (Lipinski definition) is 0. The van der Waals surface area contributed by atoms with Crippen LogP contribution in [-0.2, 0) is 10.1 Å². The summed E-state index contributed by atoms with van der Waals surface area (Å²) in [5.74, 6) is -0.0184. The smallest absolute Gasteiger partial charge is 0.340 e. The van der Waals surface area contributed by atoms with E-state index in [0.29, 0.717) is 15.2 Å². The molecule has 0 fully saturated rings. The third kappa shape index (κ3) is 3.85. The number of nitrogens with zero attached hydrogens (tertiary/aromatic N) is 2. The summed E-state index contributed by atoms with van der Waals surface area (Å²) in [5, 5.41) is 0.342. The summed E-state index contributed by atoms with van der Waals surface area (Å²) in [6.07, 6.45) is 0. The van der Waals surface area contributed by atoms with Crippen molar-refractivity contribution >= 4 is 37.6 Å². The minimum atomic E-state index is -4.12. The second-order valence-electron chi connectivity index (χ2n) is 6.15. The molecule has 0 bridgehead atoms. The van der Waals surface area contributed by atoms with Crippen LogP contribution in [0.4, 0.5) is 0 Å². The SMILES string of the molecule is Cc1ccc(S(=O)(=O)Oc2nc(C)n(-c3cccc(Br)c3Cl)c(=O)c2C)cc1. The second-order valence-corrected chi connectivity index (χ2v) is 8.93. The Balaban J connectivity index is 2.09. The minimum Gasteiger partial charge on any atom is -0.358 e. The Morgan fingerprint density at radius 2 is 1.71 bits per heavy atom. The van der Waals surface area contributed by atoms with E-state index in [-0.39, 0.29) is 22.2 Å². The fourth-order valence-electron chi connectivity index (χ4n) is 2.57. The second kappa shape index (κ2) is 7.69. The summed E-state index contributed by atoms with van der Waals surface area (Å²) in [6, 6.07) is 11.4. The van der Waals surface area contributed by atoms with Gasteiger partial charge in [-0.3, -0.25) is 9.36 Å². The lowest BCUT2D eigenvalue weighted by molar-refractivity contribution is 0.469. The first kappa shape index (κ1) is 20.6. The van der Waals surface area contributed by atoms with Gasteiger partial charge in [0.05, 0.1) is 16.3 Å². The molecule has 0 amide bonds. The Bertz CT molecular complexity index is 1220. The van der Waals surface area contributed by atoms with E-state index in [0.717, 1.165) is 5.56 Å². The van der Waals surface area contributed by atoms with Crippen LogP contribution in [0.2, 0.25) is 5.02 Å². The van der Waals surface area contributed by atoms with Crippen molar-refractivity contribution in [3.8, 4) is 11.6 Å². The maximum atomic E-state index is 12.9. The zero-order valence-electron chi connectivity index (χ0n) is 15.2. The molecule has 0 atom stereocenters. The number of rotatable bonds is 4. The number of aryl methyl sites for hydroxylation is 2. The van der Waals surface area contributed by atoms with E-state index in [9.17, 15) is 13.2 Å². The van der Waals surface area contributed by atoms with Gasteiger partial charge in [0.15, 0.2) is 0 Å². The fraction of sp³-hybridized carbons (Fsp3) is 0.158. The van der Waals surface area contributed by atoms with Crippen LogP contribution in [0.15, 0.2) is 56.6 Å². The molecule has 28 heavy (non-hydrogen) atoms. The van der Waals surface area contributed by atoms with E-state index >= 15 is 0 Å². The van der Waals surface area contributed by atoms with Gasteiger partial charge in [-0.05, 0) is 61.0 Å². The van der Waals surface area contributed by atoms with Gasteiger partial charge in [0.25, 0.3) is 5.56 Å². The lowest BCUT2D eigenvalue weighted by atomic mass is 10.2. The largest absolute Gasteiger partial charge is 0.358 e. The maximum absolute atomic E-state index is 12.9. The number of benzene rings is 2. The molecule has 0 spiro atoms. The average molecular weight is 484 g/mol. The van der Waals surface area contributed by atoms with Gasteiger partial charge in [-0.1, -0.05) is 35.4 Å². The molecule has 3 aromatic rings. The van der Waals surface area contributed by atoms with Crippen LogP contribution < -0.4 is 9.74 Å². The summed E-state index contributed by atoms with van der Waals surface area (Å²) in [6.45, 7) is 4.87. The molecule has 9 heteroatoms. The Kier molecular flexibility index (Phi) is 5.65. The standard InChI is InChI=1S/C19H16BrClN2O4S/c1-11-7-9-14(10-8-11)28(25,26)27-18-12(2)19(24)23(13(3)22-18)16-6-4-5-15(20)17(16)21/h4-10H,1-3H3. The first-order valence-electron chi connectivity index (χ1n) is 8.17. The van der Waals surface area contributed by atoms with E-state index in [1.165, 1.54) is 23.6 Å². The normalized spacial score (nSPS) is 11.5. The molecule has 1 aromatic heterocycles. The molecule has 0 aliphatic heterocycles. The molecular formula is C19H16BrClN2O4S. The topological polar surface area (TPSA) is 78.3 Å². The van der Waals surface area contributed by atoms with E-state index in [2.05, 4.69) is 20.9 Å². The molecule has 0 aliphatic carbocycles. The van der Waals surface area contributed by atoms with Gasteiger partial charge < -0.3 is 4.18 Å². The molecule has 2 aromatic carbocycles. The summed E-state index contributed by atoms with van der Waals surface area (Å²) in [4.78, 5) is 17.1. The van der Waals surface area contributed by atoms with Crippen LogP contribution in [0.3, 0.4) is 0 Å². The van der Waals surface area contributed by atoms with Crippen LogP contribution in [-0.4, -0.2) is 18.0 Å². The third-order valence-corrected chi connectivity index (χ3v) is 6.62. The van der Waals surface area contributed by atoms with Crippen LogP contribution in [0.5, 0.6) is 5.88 Å². The molecule has 0 saturated heterocycles. The first-order valence-corrected chi connectivity index (χ1v) is 10.8. The van der Waals surface area contributed by atoms with E-state index < -0.39 is 15.7 Å². The molecule has 0 unspecified atom stereocenters. The van der Waals surface area contributed by atoms with Crippen LogP contribution >= 0.6 is 27.5 Å². The van der Waals surface area contributed by atoms with Crippen molar-refractivity contribution in [2.45, 2.75) is 25.7 Å². The van der Waals surface area contributed by atoms with Gasteiger partial charge in [0, 0.05) is 4.47 Å². The number of hydrogen-bond acceptors (Lipinski definition) is 5. The van der Waals surface area contributed by atoms with E-state index in [4.69, 9.17) is 15.8 Å². The zero-order chi connectivity index (χ0) is 20.6. The highest BCUT2D eigenvalue weighted by Crippen LogP contribution is 2.29. The minimum absolute atomic E-state index is 0.0174. The van der Waals surface area contributed by atoms with Gasteiger partial charge in [-0.15, -0.1) is 0 Å². The van der Waals surface area contributed by atoms with Crippen molar-refractivity contribution in [1.29, 1.82) is 0 Å². The van der Waals surface area contributed by atoms with E-state index in [1.807, 2.05) is 6.92 Å². The van der Waals surface area contributed by atoms with Crippen molar-refractivity contribution in [1.82, 2.24) is 9.55 Å². The molecule has 3 rings (SSSR count). The molecule has 0 radical (unpaired) electrons. The van der Waals surface area contributed by atoms with Crippen molar-refractivity contribution < 1.29 is 12.6 Å². The van der Waals surface area contributed by atoms with Gasteiger partial charge >= 0.3 is 10.1 Å². The third-order valence-electron chi connectivity index (χ3n) is 4.10. The molecule has 1 heterocycles. The van der Waals surface area contributed by atoms with Crippen LogP contribution in [0.1, 0.15) is 17.0 Å². The number of halogens is 2. The average Bonchev–Trinajstić information content (AvgIpc) is 2.63. The Morgan fingerprint density at radius 3 is 2.36 bits per heavy atom. The highest BCUT2D eigenvalue weighted by Gasteiger charge is 2.22. The lowest BCUT2D eigenvalue weighted by Crippen LogP contribution is -2.26. The van der Waals surface area contributed by atoms with Gasteiger partial charge in [0.2, 0.25) is 5.88 Å². The van der Waals surface area contributed by atoms with Crippen LogP contribution in [0.25, 0.3) is 5.69 Å². The molecule has 146 valence electrons. The quantitative estimate of drug-likeness (QED) is 0.516. The monoisotopic (exact) mass is 482 g/mol. The predicted octanol–water partition coefficient (Wildman–Crippen LogP) is 4.34. The molecule has 6 nitrogen and oxygen atoms in total. The lowest BCUT2D eigenvalue weighted by Gasteiger charge is -2.15. The maximum Gasteiger partial charge on any atom is 0.340 e. The van der Waals surface area contributed by atoms with Crippen molar-refractivity contribution in [2.75, 3.05) is 0 Å². The van der Waals surface area contributed by atoms with Crippen molar-refractivity contribution in [3.63, 3.8) is 0 Å². The van der Waals surface area contributed by atoms with E-state index in [1.54, 1.807) is 37.3 Å². The predicted molar refractivity (Wildman–Crippen MR) is 111 cm³/mol. The van der Waals surface area contributed by atoms with Crippen LogP contribution in [0, 0.1) is 20.8 Å². The first-order chi connectivity index (χ1) is 13.1. The summed E-state index contributed by atoms with van der Waals surface area (Å²) >= 11 is 9.63. The molecule has 0 aliphatic rings. The Labute approximate surface area is 176 Å². The van der Waals surface area contributed by atoms with Gasteiger partial charge in [-0.25, -0.2) is 0 Å². The highest BCUT2D eigenvalue weighted by atomic mass is 79.9. The molecular weight excluding hydrogens is 468 g/mol. The number of aromatic nitrogens is 2. The summed E-state index contributed by atoms with van der Waals surface area (Å²) in [7, 11) is -4.12. The van der Waals surface area contributed by atoms with Crippen molar-refractivity contribution in [2.24, 2.45) is 0 Å². The van der Waals surface area contributed by atoms with Crippen molar-refractivity contribution in [3.05, 3.63) is 79.3 Å². The fourth-order valence-corrected chi connectivity index (χ4v) is 4.08. The molecule has 0 N–H and O–H groups in total. The Hall–Kier alpha value is -2.16. The Morgan fingerprint density at radius 1 is 1.07 bits per heavy atom. The van der Waals surface area contributed by atoms with Gasteiger partial charge in [0.1, 0.15) is 10.7 Å². The summed E-state index contributed by atoms with van der Waals surface area (Å²) in [5.41, 5.74) is 0.929. The zero-order valence-corrected chi connectivity index (χ0v) is 18.4. The highest BCUT2D eigenvalue weighted by molar-refractivity contribution is 9.10.